The van der Waals surface area contributed by atoms with E-state index in [0.29, 0.717) is 59.4 Å². The van der Waals surface area contributed by atoms with Gasteiger partial charge >= 0.3 is 0 Å². The van der Waals surface area contributed by atoms with E-state index >= 15 is 0 Å². The first kappa shape index (κ1) is 64.8. The third kappa shape index (κ3) is 13.6. The molecule has 0 bridgehead atoms. The second kappa shape index (κ2) is 28.6. The average molecular weight is 1170 g/mol. The van der Waals surface area contributed by atoms with Gasteiger partial charge in [-0.1, -0.05) is 270 Å². The molecule has 0 unspecified atom stereocenters. The van der Waals surface area contributed by atoms with Gasteiger partial charge in [-0.05, 0) is 146 Å². The highest BCUT2D eigenvalue weighted by molar-refractivity contribution is 5.90. The summed E-state index contributed by atoms with van der Waals surface area (Å²) in [5.74, 6) is 4.43. The third-order valence-corrected chi connectivity index (χ3v) is 18.2. The van der Waals surface area contributed by atoms with Crippen molar-refractivity contribution in [3.8, 4) is 0 Å². The van der Waals surface area contributed by atoms with Gasteiger partial charge in [0.15, 0.2) is 0 Å². The first-order chi connectivity index (χ1) is 42.2. The number of para-hydroxylation sites is 8. The van der Waals surface area contributed by atoms with Crippen molar-refractivity contribution in [2.45, 2.75) is 192 Å². The van der Waals surface area contributed by atoms with Crippen molar-refractivity contribution in [3.63, 3.8) is 0 Å². The van der Waals surface area contributed by atoms with Crippen molar-refractivity contribution in [2.24, 2.45) is 17.8 Å². The van der Waals surface area contributed by atoms with E-state index in [1.165, 1.54) is 90.0 Å². The van der Waals surface area contributed by atoms with Gasteiger partial charge in [-0.25, -0.2) is 0 Å². The lowest BCUT2D eigenvalue weighted by molar-refractivity contribution is 0.444. The highest BCUT2D eigenvalue weighted by Crippen LogP contribution is 2.52. The summed E-state index contributed by atoms with van der Waals surface area (Å²) < 4.78 is 0. The molecule has 0 atom stereocenters. The average Bonchev–Trinajstić information content (AvgIpc) is 1.64. The van der Waals surface area contributed by atoms with Gasteiger partial charge < -0.3 is 29.4 Å². The molecule has 0 radical (unpaired) electrons. The number of rotatable bonds is 17. The topological polar surface area (TPSA) is 19.4 Å². The van der Waals surface area contributed by atoms with Crippen LogP contribution in [0.2, 0.25) is 0 Å². The zero-order valence-corrected chi connectivity index (χ0v) is 56.7. The van der Waals surface area contributed by atoms with Crippen LogP contribution in [0.4, 0.5) is 45.5 Å². The van der Waals surface area contributed by atoms with Crippen LogP contribution < -0.4 is 29.4 Å². The molecule has 0 fully saturated rings. The predicted octanol–water partition coefficient (Wildman–Crippen LogP) is 22.9. The lowest BCUT2D eigenvalue weighted by Gasteiger charge is -2.38. The second-order valence-corrected chi connectivity index (χ2v) is 27.6. The number of fused-ring (bicyclic) bond motifs is 2. The molecule has 0 saturated carbocycles. The van der Waals surface area contributed by atoms with E-state index in [4.69, 9.17) is 0 Å². The summed E-state index contributed by atoms with van der Waals surface area (Å²) in [7, 11) is 0. The molecule has 88 heavy (non-hydrogen) atoms. The number of hydrogen-bond acceptors (Lipinski definition) is 6. The molecule has 3 aliphatic rings. The summed E-state index contributed by atoms with van der Waals surface area (Å²) in [5.41, 5.74) is 22.0. The normalized spacial score (nSPS) is 14.5. The SMILES string of the molecule is CC(C)c1ccccc1CN1c2ccccc2N(Cc2ccccc2C(C)C)C1C(C)C.CC(C)c1ccccc1N1C=CN(c2ccccc2C(C)C)C1C(C)C.CC(C)c1ccccc1N1c2ccccc2N(c2ccccc2C(C)C)C1C(C)C. The largest absolute Gasteiger partial charge is 0.345 e. The molecular weight excluding hydrogens is 1070 g/mol. The van der Waals surface area contributed by atoms with Crippen LogP contribution in [-0.2, 0) is 13.1 Å². The second-order valence-electron chi connectivity index (χ2n) is 27.6. The standard InChI is InChI=1S/C30H38N2.C28H34N2.C24H32N2/c1-21(2)26-15-9-7-13-24(26)19-31-28-17-11-12-18-29(28)32(30(31)23(5)6)20-25-14-8-10-16-27(25)22(3)4;1-19(2)22-13-7-9-15-24(22)29-26-17-11-12-18-27(26)30(28(29)21(5)6)25-16-10-8-14-23(25)20(3)4;1-17(2)20-11-7-9-13-22(20)25-15-16-26(24(25)19(5)6)23-14-10-8-12-21(23)18(3)4/h7-18,21-23,30H,19-20H2,1-6H3;7-21,28H,1-6H3;7-19,24H,1-6H3. The Balaban J connectivity index is 0.000000158. The molecule has 6 nitrogen and oxygen atoms in total. The molecule has 8 aromatic carbocycles. The monoisotopic (exact) mass is 1170 g/mol. The van der Waals surface area contributed by atoms with Crippen molar-refractivity contribution in [1.29, 1.82) is 0 Å². The third-order valence-electron chi connectivity index (χ3n) is 18.2. The highest BCUT2D eigenvalue weighted by Gasteiger charge is 2.42. The summed E-state index contributed by atoms with van der Waals surface area (Å²) in [6.45, 7) is 43.3. The molecular formula is C82H104N6. The van der Waals surface area contributed by atoms with Crippen molar-refractivity contribution < 1.29 is 0 Å². The minimum absolute atomic E-state index is 0.224. The Morgan fingerprint density at radius 2 is 0.477 bits per heavy atom. The molecule has 6 heteroatoms. The van der Waals surface area contributed by atoms with Gasteiger partial charge in [-0.3, -0.25) is 0 Å². The fraction of sp³-hybridized carbons (Fsp3) is 0.390. The van der Waals surface area contributed by atoms with E-state index < -0.39 is 0 Å². The van der Waals surface area contributed by atoms with Crippen LogP contribution >= 0.6 is 0 Å². The van der Waals surface area contributed by atoms with Gasteiger partial charge in [-0.2, -0.15) is 0 Å². The molecule has 0 N–H and O–H groups in total. The molecule has 11 rings (SSSR count). The van der Waals surface area contributed by atoms with Crippen molar-refractivity contribution in [1.82, 2.24) is 0 Å². The Hall–Kier alpha value is -7.70. The summed E-state index contributed by atoms with van der Waals surface area (Å²) in [4.78, 5) is 15.3. The molecule has 0 saturated heterocycles. The van der Waals surface area contributed by atoms with Crippen molar-refractivity contribution in [2.75, 3.05) is 29.4 Å². The van der Waals surface area contributed by atoms with E-state index in [1.54, 1.807) is 0 Å². The molecule has 0 aliphatic carbocycles. The maximum Gasteiger partial charge on any atom is 0.113 e. The van der Waals surface area contributed by atoms with E-state index in [1.807, 2.05) is 0 Å². The maximum atomic E-state index is 2.64. The van der Waals surface area contributed by atoms with E-state index in [-0.39, 0.29) is 12.3 Å². The fourth-order valence-corrected chi connectivity index (χ4v) is 14.1. The molecule has 0 amide bonds. The van der Waals surface area contributed by atoms with Crippen LogP contribution in [0.1, 0.15) is 205 Å². The number of nitrogens with zero attached hydrogens (tertiary/aromatic N) is 6. The fourth-order valence-electron chi connectivity index (χ4n) is 14.1. The Morgan fingerprint density at radius 3 is 0.773 bits per heavy atom. The summed E-state index contributed by atoms with van der Waals surface area (Å²) in [6.07, 6.45) is 5.34. The smallest absolute Gasteiger partial charge is 0.113 e. The molecule has 462 valence electrons. The van der Waals surface area contributed by atoms with Crippen LogP contribution in [0.15, 0.2) is 207 Å². The lowest BCUT2D eigenvalue weighted by atomic mass is 9.96. The Bertz CT molecular complexity index is 3360. The predicted molar refractivity (Wildman–Crippen MR) is 383 cm³/mol. The van der Waals surface area contributed by atoms with Gasteiger partial charge in [0.05, 0.1) is 22.7 Å². The van der Waals surface area contributed by atoms with Crippen molar-refractivity contribution >= 4 is 45.5 Å². The molecule has 8 aromatic rings. The summed E-state index contributed by atoms with van der Waals surface area (Å²) >= 11 is 0. The molecule has 0 spiro atoms. The first-order valence-electron chi connectivity index (χ1n) is 33.3. The van der Waals surface area contributed by atoms with E-state index in [0.717, 1.165) is 13.1 Å². The van der Waals surface area contributed by atoms with Gasteiger partial charge in [0.25, 0.3) is 0 Å². The van der Waals surface area contributed by atoms with Crippen LogP contribution in [0.3, 0.4) is 0 Å². The maximum absolute atomic E-state index is 2.64. The zero-order chi connectivity index (χ0) is 63.1. The Labute approximate surface area is 532 Å². The van der Waals surface area contributed by atoms with Crippen LogP contribution in [0.5, 0.6) is 0 Å². The summed E-state index contributed by atoms with van der Waals surface area (Å²) in [5, 5.41) is 0. The number of anilines is 8. The van der Waals surface area contributed by atoms with Crippen LogP contribution in [0.25, 0.3) is 0 Å². The minimum atomic E-state index is 0.224. The zero-order valence-electron chi connectivity index (χ0n) is 56.7. The number of hydrogen-bond donors (Lipinski definition) is 0. The van der Waals surface area contributed by atoms with E-state index in [2.05, 4.69) is 361 Å². The first-order valence-corrected chi connectivity index (χ1v) is 33.3. The van der Waals surface area contributed by atoms with Crippen molar-refractivity contribution in [3.05, 3.63) is 251 Å². The molecule has 3 aliphatic heterocycles. The van der Waals surface area contributed by atoms with Gasteiger partial charge in [0.1, 0.15) is 18.5 Å². The Kier molecular flexibility index (Phi) is 21.1. The van der Waals surface area contributed by atoms with Crippen LogP contribution in [-0.4, -0.2) is 18.5 Å². The van der Waals surface area contributed by atoms with Gasteiger partial charge in [-0.15, -0.1) is 0 Å². The van der Waals surface area contributed by atoms with E-state index in [9.17, 15) is 0 Å². The molecule has 0 aromatic heterocycles. The van der Waals surface area contributed by atoms with Gasteiger partial charge in [0.2, 0.25) is 0 Å². The summed E-state index contributed by atoms with van der Waals surface area (Å²) in [6, 6.07) is 71.2. The highest BCUT2D eigenvalue weighted by atomic mass is 15.4. The lowest BCUT2D eigenvalue weighted by Crippen LogP contribution is -2.46. The minimum Gasteiger partial charge on any atom is -0.345 e. The van der Waals surface area contributed by atoms with Gasteiger partial charge in [0, 0.05) is 48.2 Å². The number of benzene rings is 8. The Morgan fingerprint density at radius 1 is 0.239 bits per heavy atom. The quantitative estimate of drug-likeness (QED) is 0.0899. The van der Waals surface area contributed by atoms with Crippen LogP contribution in [0, 0.1) is 17.8 Å². The molecule has 3 heterocycles.